The van der Waals surface area contributed by atoms with E-state index in [9.17, 15) is 4.79 Å². The Labute approximate surface area is 139 Å². The first-order chi connectivity index (χ1) is 10.6. The summed E-state index contributed by atoms with van der Waals surface area (Å²) >= 11 is 0. The molecule has 1 aromatic heterocycles. The summed E-state index contributed by atoms with van der Waals surface area (Å²) < 4.78 is 11.6. The van der Waals surface area contributed by atoms with E-state index in [0.717, 1.165) is 23.6 Å². The highest BCUT2D eigenvalue weighted by Gasteiger charge is 2.32. The molecule has 128 valence electrons. The average Bonchev–Trinajstić information content (AvgIpc) is 2.38. The largest absolute Gasteiger partial charge is 0.490 e. The summed E-state index contributed by atoms with van der Waals surface area (Å²) in [6, 6.07) is 3.92. The summed E-state index contributed by atoms with van der Waals surface area (Å²) in [5.41, 5.74) is 1.46. The highest BCUT2D eigenvalue weighted by atomic mass is 16.6. The molecular formula is C18H28N2O3. The van der Waals surface area contributed by atoms with E-state index in [2.05, 4.69) is 11.9 Å². The fraction of sp³-hybridized carbons (Fsp3) is 0.667. The van der Waals surface area contributed by atoms with Crippen LogP contribution in [0.2, 0.25) is 0 Å². The molecule has 2 heterocycles. The Morgan fingerprint density at radius 3 is 2.39 bits per heavy atom. The molecule has 5 nitrogen and oxygen atoms in total. The van der Waals surface area contributed by atoms with Gasteiger partial charge in [-0.3, -0.25) is 4.98 Å². The Kier molecular flexibility index (Phi) is 5.17. The van der Waals surface area contributed by atoms with Crippen molar-refractivity contribution in [1.82, 2.24) is 9.88 Å². The molecule has 0 N–H and O–H groups in total. The first-order valence-corrected chi connectivity index (χ1v) is 8.24. The van der Waals surface area contributed by atoms with Crippen LogP contribution in [0.1, 0.15) is 45.5 Å². The highest BCUT2D eigenvalue weighted by Crippen LogP contribution is 2.25. The first kappa shape index (κ1) is 17.6. The molecule has 0 bridgehead atoms. The molecule has 0 spiro atoms. The molecule has 1 aromatic rings. The number of hydrogen-bond acceptors (Lipinski definition) is 4. The van der Waals surface area contributed by atoms with Crippen molar-refractivity contribution in [2.75, 3.05) is 13.1 Å². The van der Waals surface area contributed by atoms with Crippen molar-refractivity contribution in [2.45, 2.75) is 59.7 Å². The third kappa shape index (κ3) is 5.12. The molecule has 2 rings (SSSR count). The van der Waals surface area contributed by atoms with E-state index < -0.39 is 5.60 Å². The molecule has 1 aliphatic heterocycles. The van der Waals surface area contributed by atoms with Crippen molar-refractivity contribution < 1.29 is 14.3 Å². The van der Waals surface area contributed by atoms with Gasteiger partial charge in [0.05, 0.1) is 0 Å². The topological polar surface area (TPSA) is 51.7 Å². The number of ether oxygens (including phenoxy) is 2. The third-order valence-corrected chi connectivity index (χ3v) is 3.82. The SMILES string of the molecule is Cc1cc(OC2CCN(C(=O)OC(C)(C)C)C[C@H]2C)cc(C)n1. The lowest BCUT2D eigenvalue weighted by molar-refractivity contribution is 0.000347. The van der Waals surface area contributed by atoms with Gasteiger partial charge in [-0.2, -0.15) is 0 Å². The molecule has 2 atom stereocenters. The van der Waals surface area contributed by atoms with Crippen LogP contribution in [0.5, 0.6) is 5.75 Å². The van der Waals surface area contributed by atoms with E-state index in [1.807, 2.05) is 46.8 Å². The van der Waals surface area contributed by atoms with E-state index in [0.29, 0.717) is 13.1 Å². The van der Waals surface area contributed by atoms with Crippen LogP contribution in [0.4, 0.5) is 4.79 Å². The second-order valence-electron chi connectivity index (χ2n) is 7.43. The zero-order valence-corrected chi connectivity index (χ0v) is 15.0. The molecule has 23 heavy (non-hydrogen) atoms. The van der Waals surface area contributed by atoms with Crippen LogP contribution in [0.3, 0.4) is 0 Å². The Balaban J connectivity index is 1.95. The number of amides is 1. The minimum absolute atomic E-state index is 0.106. The second-order valence-corrected chi connectivity index (χ2v) is 7.43. The maximum absolute atomic E-state index is 12.2. The molecule has 1 saturated heterocycles. The fourth-order valence-electron chi connectivity index (χ4n) is 2.83. The van der Waals surface area contributed by atoms with Gasteiger partial charge in [0, 0.05) is 48.9 Å². The van der Waals surface area contributed by atoms with E-state index in [4.69, 9.17) is 9.47 Å². The van der Waals surface area contributed by atoms with E-state index in [-0.39, 0.29) is 18.1 Å². The summed E-state index contributed by atoms with van der Waals surface area (Å²) in [5.74, 6) is 1.11. The fourth-order valence-corrected chi connectivity index (χ4v) is 2.83. The minimum Gasteiger partial charge on any atom is -0.490 e. The van der Waals surface area contributed by atoms with Gasteiger partial charge in [-0.25, -0.2) is 4.79 Å². The minimum atomic E-state index is -0.459. The van der Waals surface area contributed by atoms with Crippen molar-refractivity contribution in [2.24, 2.45) is 5.92 Å². The van der Waals surface area contributed by atoms with Gasteiger partial charge in [-0.05, 0) is 34.6 Å². The predicted molar refractivity (Wildman–Crippen MR) is 89.7 cm³/mol. The van der Waals surface area contributed by atoms with E-state index in [1.54, 1.807) is 4.90 Å². The zero-order chi connectivity index (χ0) is 17.2. The van der Waals surface area contributed by atoms with Crippen molar-refractivity contribution in [3.63, 3.8) is 0 Å². The van der Waals surface area contributed by atoms with Crippen LogP contribution >= 0.6 is 0 Å². The molecule has 1 aliphatic rings. The number of carbonyl (C=O) groups excluding carboxylic acids is 1. The Morgan fingerprint density at radius 2 is 1.87 bits per heavy atom. The van der Waals surface area contributed by atoms with Crippen LogP contribution < -0.4 is 4.74 Å². The number of nitrogens with zero attached hydrogens (tertiary/aromatic N) is 2. The smallest absolute Gasteiger partial charge is 0.410 e. The normalized spacial score (nSPS) is 21.9. The number of likely N-dealkylation sites (tertiary alicyclic amines) is 1. The standard InChI is InChI=1S/C18H28N2O3/c1-12-11-20(17(21)23-18(4,5)6)8-7-16(12)22-15-9-13(2)19-14(3)10-15/h9-10,12,16H,7-8,11H2,1-6H3/t12-,16?/m1/s1. The van der Waals surface area contributed by atoms with Crippen LogP contribution in [-0.4, -0.2) is 40.8 Å². The lowest BCUT2D eigenvalue weighted by Gasteiger charge is -2.37. The van der Waals surface area contributed by atoms with Gasteiger partial charge >= 0.3 is 6.09 Å². The monoisotopic (exact) mass is 320 g/mol. The predicted octanol–water partition coefficient (Wildman–Crippen LogP) is 3.72. The van der Waals surface area contributed by atoms with Crippen LogP contribution in [0.15, 0.2) is 12.1 Å². The molecule has 1 amide bonds. The summed E-state index contributed by atoms with van der Waals surface area (Å²) in [6.45, 7) is 13.0. The number of hydrogen-bond donors (Lipinski definition) is 0. The molecule has 5 heteroatoms. The molecule has 1 unspecified atom stereocenters. The average molecular weight is 320 g/mol. The molecular weight excluding hydrogens is 292 g/mol. The molecule has 0 saturated carbocycles. The number of piperidine rings is 1. The van der Waals surface area contributed by atoms with Gasteiger partial charge in [-0.15, -0.1) is 0 Å². The van der Waals surface area contributed by atoms with Gasteiger partial charge in [0.25, 0.3) is 0 Å². The van der Waals surface area contributed by atoms with Crippen molar-refractivity contribution in [3.05, 3.63) is 23.5 Å². The van der Waals surface area contributed by atoms with E-state index in [1.165, 1.54) is 0 Å². The first-order valence-electron chi connectivity index (χ1n) is 8.24. The molecule has 0 aromatic carbocycles. The Morgan fingerprint density at radius 1 is 1.26 bits per heavy atom. The summed E-state index contributed by atoms with van der Waals surface area (Å²) in [6.07, 6.45) is 0.675. The van der Waals surface area contributed by atoms with Gasteiger partial charge in [0.1, 0.15) is 17.5 Å². The van der Waals surface area contributed by atoms with Gasteiger partial charge in [0.15, 0.2) is 0 Å². The van der Waals surface area contributed by atoms with Crippen molar-refractivity contribution in [1.29, 1.82) is 0 Å². The van der Waals surface area contributed by atoms with Crippen molar-refractivity contribution in [3.8, 4) is 5.75 Å². The number of carbonyl (C=O) groups is 1. The second kappa shape index (κ2) is 6.77. The van der Waals surface area contributed by atoms with Gasteiger partial charge in [0.2, 0.25) is 0 Å². The molecule has 0 aliphatic carbocycles. The summed E-state index contributed by atoms with van der Waals surface area (Å²) in [5, 5.41) is 0. The highest BCUT2D eigenvalue weighted by molar-refractivity contribution is 5.68. The number of aryl methyl sites for hydroxylation is 2. The quantitative estimate of drug-likeness (QED) is 0.833. The number of pyridine rings is 1. The van der Waals surface area contributed by atoms with Gasteiger partial charge < -0.3 is 14.4 Å². The third-order valence-electron chi connectivity index (χ3n) is 3.82. The lowest BCUT2D eigenvalue weighted by atomic mass is 9.96. The van der Waals surface area contributed by atoms with E-state index >= 15 is 0 Å². The lowest BCUT2D eigenvalue weighted by Crippen LogP contribution is -2.48. The maximum atomic E-state index is 12.2. The number of aromatic nitrogens is 1. The van der Waals surface area contributed by atoms with Crippen molar-refractivity contribution >= 4 is 6.09 Å². The molecule has 0 radical (unpaired) electrons. The van der Waals surface area contributed by atoms with Gasteiger partial charge in [-0.1, -0.05) is 6.92 Å². The van der Waals surface area contributed by atoms with Crippen LogP contribution in [0.25, 0.3) is 0 Å². The van der Waals surface area contributed by atoms with Crippen LogP contribution in [-0.2, 0) is 4.74 Å². The number of rotatable bonds is 2. The maximum Gasteiger partial charge on any atom is 0.410 e. The summed E-state index contributed by atoms with van der Waals surface area (Å²) in [7, 11) is 0. The summed E-state index contributed by atoms with van der Waals surface area (Å²) in [4.78, 5) is 18.3. The Bertz CT molecular complexity index is 546. The zero-order valence-electron chi connectivity index (χ0n) is 15.0. The van der Waals surface area contributed by atoms with Crippen LogP contribution in [0, 0.1) is 19.8 Å². The molecule has 1 fully saturated rings. The Hall–Kier alpha value is -1.78.